The zero-order valence-electron chi connectivity index (χ0n) is 7.60. The van der Waals surface area contributed by atoms with E-state index in [4.69, 9.17) is 10.8 Å². The van der Waals surface area contributed by atoms with E-state index in [9.17, 15) is 4.79 Å². The van der Waals surface area contributed by atoms with Gasteiger partial charge in [0.25, 0.3) is 5.91 Å². The summed E-state index contributed by atoms with van der Waals surface area (Å²) in [5, 5.41) is 15.0. The summed E-state index contributed by atoms with van der Waals surface area (Å²) in [6, 6.07) is 0. The fraction of sp³-hybridized carbons (Fsp3) is 0.500. The number of aliphatic hydroxyl groups excluding tert-OH is 1. The van der Waals surface area contributed by atoms with Crippen molar-refractivity contribution in [1.29, 1.82) is 0 Å². The van der Waals surface area contributed by atoms with Gasteiger partial charge in [-0.3, -0.25) is 9.89 Å². The summed E-state index contributed by atoms with van der Waals surface area (Å²) < 4.78 is 0. The lowest BCUT2D eigenvalue weighted by Gasteiger charge is -2.37. The first kappa shape index (κ1) is 9.01. The fourth-order valence-electron chi connectivity index (χ4n) is 1.48. The number of hydrogen-bond donors (Lipinski definition) is 3. The molecule has 14 heavy (non-hydrogen) atoms. The van der Waals surface area contributed by atoms with E-state index in [0.29, 0.717) is 24.5 Å². The van der Waals surface area contributed by atoms with E-state index in [1.807, 2.05) is 0 Å². The van der Waals surface area contributed by atoms with Crippen LogP contribution in [0.2, 0.25) is 0 Å². The summed E-state index contributed by atoms with van der Waals surface area (Å²) in [5.74, 6) is 0.0628. The maximum Gasteiger partial charge on any atom is 0.274 e. The fourth-order valence-corrected chi connectivity index (χ4v) is 1.48. The summed E-state index contributed by atoms with van der Waals surface area (Å²) in [7, 11) is 0. The first-order valence-electron chi connectivity index (χ1n) is 4.41. The number of amides is 1. The predicted octanol–water partition coefficient (Wildman–Crippen LogP) is -0.944. The number of rotatable bonds is 2. The lowest BCUT2D eigenvalue weighted by molar-refractivity contribution is 0.0357. The van der Waals surface area contributed by atoms with Gasteiger partial charge in [-0.2, -0.15) is 5.10 Å². The van der Waals surface area contributed by atoms with Crippen molar-refractivity contribution in [3.63, 3.8) is 0 Å². The average Bonchev–Trinajstić information content (AvgIpc) is 2.49. The van der Waals surface area contributed by atoms with Gasteiger partial charge in [0.2, 0.25) is 0 Å². The summed E-state index contributed by atoms with van der Waals surface area (Å²) in [6.07, 6.45) is 1.41. The Kier molecular flexibility index (Phi) is 2.12. The van der Waals surface area contributed by atoms with Crippen LogP contribution < -0.4 is 5.73 Å². The first-order chi connectivity index (χ1) is 6.72. The lowest BCUT2D eigenvalue weighted by atomic mass is 10.0. The lowest BCUT2D eigenvalue weighted by Crippen LogP contribution is -2.51. The number of H-pyrrole nitrogens is 1. The molecule has 1 fully saturated rings. The SMILES string of the molecule is Nc1cn[nH]c1C(=O)N1CC(CO)C1. The number of aromatic nitrogens is 2. The molecule has 2 heterocycles. The van der Waals surface area contributed by atoms with Crippen LogP contribution >= 0.6 is 0 Å². The van der Waals surface area contributed by atoms with Crippen molar-refractivity contribution < 1.29 is 9.90 Å². The largest absolute Gasteiger partial charge is 0.396 e. The van der Waals surface area contributed by atoms with Crippen LogP contribution in [0.3, 0.4) is 0 Å². The van der Waals surface area contributed by atoms with Crippen molar-refractivity contribution in [2.75, 3.05) is 25.4 Å². The van der Waals surface area contributed by atoms with Gasteiger partial charge in [-0.05, 0) is 0 Å². The minimum Gasteiger partial charge on any atom is -0.396 e. The number of aromatic amines is 1. The Labute approximate surface area is 80.7 Å². The van der Waals surface area contributed by atoms with E-state index < -0.39 is 0 Å². The van der Waals surface area contributed by atoms with E-state index in [1.54, 1.807) is 4.90 Å². The predicted molar refractivity (Wildman–Crippen MR) is 49.5 cm³/mol. The molecule has 6 nitrogen and oxygen atoms in total. The number of likely N-dealkylation sites (tertiary alicyclic amines) is 1. The molecule has 0 unspecified atom stereocenters. The van der Waals surface area contributed by atoms with E-state index in [0.717, 1.165) is 0 Å². The van der Waals surface area contributed by atoms with Crippen molar-refractivity contribution in [1.82, 2.24) is 15.1 Å². The molecule has 1 aliphatic heterocycles. The van der Waals surface area contributed by atoms with Crippen LogP contribution in [-0.4, -0.2) is 45.8 Å². The number of nitrogens with two attached hydrogens (primary N) is 1. The molecule has 0 bridgehead atoms. The number of hydrogen-bond acceptors (Lipinski definition) is 4. The topological polar surface area (TPSA) is 95.2 Å². The maximum atomic E-state index is 11.7. The van der Waals surface area contributed by atoms with Gasteiger partial charge >= 0.3 is 0 Å². The van der Waals surface area contributed by atoms with Crippen LogP contribution in [0, 0.1) is 5.92 Å². The summed E-state index contributed by atoms with van der Waals surface area (Å²) in [5.41, 5.74) is 6.23. The van der Waals surface area contributed by atoms with Gasteiger partial charge in [-0.1, -0.05) is 0 Å². The third-order valence-corrected chi connectivity index (χ3v) is 2.39. The summed E-state index contributed by atoms with van der Waals surface area (Å²) >= 11 is 0. The molecule has 1 aromatic rings. The molecule has 0 spiro atoms. The van der Waals surface area contributed by atoms with E-state index in [-0.39, 0.29) is 18.4 Å². The van der Waals surface area contributed by atoms with Gasteiger partial charge in [-0.25, -0.2) is 0 Å². The number of carbonyl (C=O) groups excluding carboxylic acids is 1. The van der Waals surface area contributed by atoms with Crippen molar-refractivity contribution in [3.05, 3.63) is 11.9 Å². The van der Waals surface area contributed by atoms with E-state index in [2.05, 4.69) is 10.2 Å². The highest BCUT2D eigenvalue weighted by Gasteiger charge is 2.31. The van der Waals surface area contributed by atoms with Crippen LogP contribution in [0.1, 0.15) is 10.5 Å². The third kappa shape index (κ3) is 1.33. The van der Waals surface area contributed by atoms with Crippen molar-refractivity contribution >= 4 is 11.6 Å². The van der Waals surface area contributed by atoms with Crippen LogP contribution in [0.5, 0.6) is 0 Å². The molecule has 0 radical (unpaired) electrons. The molecule has 4 N–H and O–H groups in total. The number of nitrogens with zero attached hydrogens (tertiary/aromatic N) is 2. The van der Waals surface area contributed by atoms with E-state index >= 15 is 0 Å². The molecule has 1 aliphatic rings. The number of carbonyl (C=O) groups is 1. The Morgan fingerprint density at radius 1 is 1.79 bits per heavy atom. The molecule has 1 amide bonds. The molecule has 0 atom stereocenters. The minimum absolute atomic E-state index is 0.127. The van der Waals surface area contributed by atoms with E-state index in [1.165, 1.54) is 6.20 Å². The number of anilines is 1. The van der Waals surface area contributed by atoms with Crippen molar-refractivity contribution in [2.24, 2.45) is 5.92 Å². The third-order valence-electron chi connectivity index (χ3n) is 2.39. The normalized spacial score (nSPS) is 16.8. The molecule has 1 aromatic heterocycles. The quantitative estimate of drug-likeness (QED) is 0.568. The van der Waals surface area contributed by atoms with Gasteiger partial charge in [0.05, 0.1) is 11.9 Å². The molecular formula is C8H12N4O2. The second-order valence-corrected chi connectivity index (χ2v) is 3.46. The zero-order valence-corrected chi connectivity index (χ0v) is 7.60. The van der Waals surface area contributed by atoms with Crippen LogP contribution in [0.25, 0.3) is 0 Å². The highest BCUT2D eigenvalue weighted by Crippen LogP contribution is 2.19. The Morgan fingerprint density at radius 2 is 2.50 bits per heavy atom. The van der Waals surface area contributed by atoms with Gasteiger partial charge in [-0.15, -0.1) is 0 Å². The minimum atomic E-state index is -0.148. The Morgan fingerprint density at radius 3 is 3.00 bits per heavy atom. The molecule has 6 heteroatoms. The smallest absolute Gasteiger partial charge is 0.274 e. The second-order valence-electron chi connectivity index (χ2n) is 3.46. The number of aliphatic hydroxyl groups is 1. The number of nitrogens with one attached hydrogen (secondary N) is 1. The highest BCUT2D eigenvalue weighted by molar-refractivity contribution is 5.97. The summed E-state index contributed by atoms with van der Waals surface area (Å²) in [6.45, 7) is 1.31. The van der Waals surface area contributed by atoms with Gasteiger partial charge in [0.15, 0.2) is 0 Å². The van der Waals surface area contributed by atoms with Crippen molar-refractivity contribution in [3.8, 4) is 0 Å². The Balaban J connectivity index is 2.01. The van der Waals surface area contributed by atoms with Crippen LogP contribution in [0.15, 0.2) is 6.20 Å². The van der Waals surface area contributed by atoms with Crippen molar-refractivity contribution in [2.45, 2.75) is 0 Å². The van der Waals surface area contributed by atoms with Crippen LogP contribution in [-0.2, 0) is 0 Å². The maximum absolute atomic E-state index is 11.7. The number of nitrogen functional groups attached to an aromatic ring is 1. The molecule has 0 aliphatic carbocycles. The van der Waals surface area contributed by atoms with Gasteiger partial charge in [0, 0.05) is 25.6 Å². The molecular weight excluding hydrogens is 184 g/mol. The van der Waals surface area contributed by atoms with Gasteiger partial charge in [0.1, 0.15) is 5.69 Å². The van der Waals surface area contributed by atoms with Gasteiger partial charge < -0.3 is 15.7 Å². The Hall–Kier alpha value is -1.56. The molecule has 1 saturated heterocycles. The molecule has 0 aromatic carbocycles. The van der Waals surface area contributed by atoms with Crippen LogP contribution in [0.4, 0.5) is 5.69 Å². The standard InChI is InChI=1S/C8H12N4O2/c9-6-1-10-11-7(6)8(14)12-2-5(3-12)4-13/h1,5,13H,2-4,9H2,(H,10,11). The average molecular weight is 196 g/mol. The zero-order chi connectivity index (χ0) is 10.1. The molecule has 2 rings (SSSR count). The first-order valence-corrected chi connectivity index (χ1v) is 4.41. The summed E-state index contributed by atoms with van der Waals surface area (Å²) in [4.78, 5) is 13.3. The molecule has 0 saturated carbocycles. The monoisotopic (exact) mass is 196 g/mol. The molecule has 76 valence electrons. The Bertz CT molecular complexity index is 343. The second kappa shape index (κ2) is 3.30. The highest BCUT2D eigenvalue weighted by atomic mass is 16.3.